The number of aryl methyl sites for hydroxylation is 3. The topological polar surface area (TPSA) is 86.8 Å². The van der Waals surface area contributed by atoms with Crippen molar-refractivity contribution in [3.05, 3.63) is 131 Å². The summed E-state index contributed by atoms with van der Waals surface area (Å²) >= 11 is 0. The maximum Gasteiger partial charge on any atom is 0.264 e. The van der Waals surface area contributed by atoms with Gasteiger partial charge in [0, 0.05) is 19.5 Å². The minimum absolute atomic E-state index is 0.0830. The van der Waals surface area contributed by atoms with Crippen molar-refractivity contribution in [2.24, 2.45) is 0 Å². The molecule has 0 heterocycles. The molecule has 0 aliphatic heterocycles. The number of unbranched alkanes of at least 4 members (excludes halogenated alkanes) is 1. The van der Waals surface area contributed by atoms with Gasteiger partial charge in [0.1, 0.15) is 12.6 Å². The van der Waals surface area contributed by atoms with Gasteiger partial charge in [-0.05, 0) is 79.3 Å². The molecule has 2 amide bonds. The molecule has 4 aromatic rings. The van der Waals surface area contributed by atoms with Gasteiger partial charge in [0.2, 0.25) is 11.8 Å². The van der Waals surface area contributed by atoms with Crippen molar-refractivity contribution in [1.82, 2.24) is 10.2 Å². The molecule has 1 atom stereocenters. The highest BCUT2D eigenvalue weighted by atomic mass is 32.2. The van der Waals surface area contributed by atoms with Crippen LogP contribution in [0.1, 0.15) is 47.6 Å². The van der Waals surface area contributed by atoms with Crippen LogP contribution in [0.25, 0.3) is 0 Å². The number of rotatable bonds is 14. The van der Waals surface area contributed by atoms with Crippen LogP contribution in [-0.2, 0) is 32.6 Å². The first kappa shape index (κ1) is 33.5. The van der Waals surface area contributed by atoms with Crippen molar-refractivity contribution >= 4 is 27.5 Å². The zero-order valence-corrected chi connectivity index (χ0v) is 27.4. The van der Waals surface area contributed by atoms with Crippen LogP contribution in [0.4, 0.5) is 5.69 Å². The summed E-state index contributed by atoms with van der Waals surface area (Å²) < 4.78 is 29.5. The van der Waals surface area contributed by atoms with Crippen LogP contribution in [0.2, 0.25) is 0 Å². The molecule has 0 unspecified atom stereocenters. The minimum atomic E-state index is -4.13. The lowest BCUT2D eigenvalue weighted by molar-refractivity contribution is -0.140. The normalized spacial score (nSPS) is 11.9. The van der Waals surface area contributed by atoms with E-state index in [2.05, 4.69) is 12.2 Å². The van der Waals surface area contributed by atoms with Gasteiger partial charge in [0.15, 0.2) is 0 Å². The second kappa shape index (κ2) is 15.5. The second-order valence-electron chi connectivity index (χ2n) is 11.4. The highest BCUT2D eigenvalue weighted by molar-refractivity contribution is 7.92. The smallest absolute Gasteiger partial charge is 0.264 e. The highest BCUT2D eigenvalue weighted by Gasteiger charge is 2.34. The number of amides is 2. The molecular weight excluding hydrogens is 582 g/mol. The Kier molecular flexibility index (Phi) is 11.5. The summed E-state index contributed by atoms with van der Waals surface area (Å²) in [6.45, 7) is 8.05. The van der Waals surface area contributed by atoms with Crippen LogP contribution in [0.3, 0.4) is 0 Å². The van der Waals surface area contributed by atoms with Gasteiger partial charge in [-0.2, -0.15) is 0 Å². The molecule has 4 aromatic carbocycles. The van der Waals surface area contributed by atoms with E-state index in [0.29, 0.717) is 12.2 Å². The highest BCUT2D eigenvalue weighted by Crippen LogP contribution is 2.27. The summed E-state index contributed by atoms with van der Waals surface area (Å²) in [4.78, 5) is 30.1. The Morgan fingerprint density at radius 2 is 1.42 bits per heavy atom. The molecule has 0 spiro atoms. The van der Waals surface area contributed by atoms with Gasteiger partial charge in [-0.15, -0.1) is 0 Å². The molecule has 1 N–H and O–H groups in total. The number of hydrogen-bond acceptors (Lipinski definition) is 4. The van der Waals surface area contributed by atoms with Gasteiger partial charge in [-0.25, -0.2) is 8.42 Å². The molecule has 0 aromatic heterocycles. The van der Waals surface area contributed by atoms with Gasteiger partial charge in [-0.3, -0.25) is 13.9 Å². The number of hydrogen-bond donors (Lipinski definition) is 1. The SMILES string of the molecule is CCCCNC(=O)[C@H](Cc1ccccc1)N(Cc1ccccc1C)C(=O)CN(c1ccc(C)c(C)c1)S(=O)(=O)c1ccccc1. The van der Waals surface area contributed by atoms with Crippen molar-refractivity contribution in [3.63, 3.8) is 0 Å². The molecule has 0 aliphatic rings. The second-order valence-corrected chi connectivity index (χ2v) is 13.3. The lowest BCUT2D eigenvalue weighted by Crippen LogP contribution is -2.53. The largest absolute Gasteiger partial charge is 0.354 e. The molecule has 0 saturated heterocycles. The summed E-state index contributed by atoms with van der Waals surface area (Å²) in [5, 5.41) is 3.03. The van der Waals surface area contributed by atoms with E-state index < -0.39 is 28.5 Å². The molecule has 7 nitrogen and oxygen atoms in total. The van der Waals surface area contributed by atoms with Gasteiger partial charge in [-0.1, -0.05) is 92.2 Å². The first-order chi connectivity index (χ1) is 21.6. The maximum absolute atomic E-state index is 14.6. The first-order valence-electron chi connectivity index (χ1n) is 15.4. The van der Waals surface area contributed by atoms with Crippen molar-refractivity contribution in [3.8, 4) is 0 Å². The molecule has 0 aliphatic carbocycles. The number of sulfonamides is 1. The fraction of sp³-hybridized carbons (Fsp3) is 0.297. The van der Waals surface area contributed by atoms with E-state index in [9.17, 15) is 18.0 Å². The van der Waals surface area contributed by atoms with E-state index in [1.807, 2.05) is 81.4 Å². The number of carbonyl (C=O) groups is 2. The summed E-state index contributed by atoms with van der Waals surface area (Å²) in [5.74, 6) is -0.736. The number of anilines is 1. The number of benzene rings is 4. The lowest BCUT2D eigenvalue weighted by Gasteiger charge is -2.34. The Morgan fingerprint density at radius 1 is 0.778 bits per heavy atom. The van der Waals surface area contributed by atoms with E-state index in [1.165, 1.54) is 12.1 Å². The minimum Gasteiger partial charge on any atom is -0.354 e. The van der Waals surface area contributed by atoms with Crippen LogP contribution in [0, 0.1) is 20.8 Å². The van der Waals surface area contributed by atoms with Crippen molar-refractivity contribution in [2.45, 2.75) is 64.4 Å². The van der Waals surface area contributed by atoms with Crippen LogP contribution in [0.15, 0.2) is 108 Å². The molecule has 0 bridgehead atoms. The zero-order chi connectivity index (χ0) is 32.4. The molecular formula is C37H43N3O4S. The van der Waals surface area contributed by atoms with Crippen LogP contribution >= 0.6 is 0 Å². The van der Waals surface area contributed by atoms with Crippen LogP contribution in [0.5, 0.6) is 0 Å². The third-order valence-corrected chi connectivity index (χ3v) is 9.88. The predicted molar refractivity (Wildman–Crippen MR) is 180 cm³/mol. The quantitative estimate of drug-likeness (QED) is 0.165. The number of nitrogens with one attached hydrogen (secondary N) is 1. The Morgan fingerprint density at radius 3 is 2.07 bits per heavy atom. The van der Waals surface area contributed by atoms with Gasteiger partial charge >= 0.3 is 0 Å². The Balaban J connectivity index is 1.81. The molecule has 45 heavy (non-hydrogen) atoms. The third kappa shape index (κ3) is 8.60. The van der Waals surface area contributed by atoms with Gasteiger partial charge < -0.3 is 10.2 Å². The third-order valence-electron chi connectivity index (χ3n) is 8.09. The predicted octanol–water partition coefficient (Wildman–Crippen LogP) is 6.36. The van der Waals surface area contributed by atoms with Crippen molar-refractivity contribution < 1.29 is 18.0 Å². The van der Waals surface area contributed by atoms with E-state index in [1.54, 1.807) is 35.2 Å². The monoisotopic (exact) mass is 625 g/mol. The van der Waals surface area contributed by atoms with Gasteiger partial charge in [0.25, 0.3) is 10.0 Å². The zero-order valence-electron chi connectivity index (χ0n) is 26.6. The fourth-order valence-corrected chi connectivity index (χ4v) is 6.59. The van der Waals surface area contributed by atoms with Gasteiger partial charge in [0.05, 0.1) is 10.6 Å². The average Bonchev–Trinajstić information content (AvgIpc) is 3.04. The number of nitrogens with zero attached hydrogens (tertiary/aromatic N) is 2. The van der Waals surface area contributed by atoms with E-state index in [-0.39, 0.29) is 23.8 Å². The fourth-order valence-electron chi connectivity index (χ4n) is 5.16. The lowest BCUT2D eigenvalue weighted by atomic mass is 10.0. The summed E-state index contributed by atoms with van der Waals surface area (Å²) in [6, 6.07) is 29.9. The Bertz CT molecular complexity index is 1690. The average molecular weight is 626 g/mol. The van der Waals surface area contributed by atoms with Crippen LogP contribution < -0.4 is 9.62 Å². The molecule has 0 saturated carbocycles. The van der Waals surface area contributed by atoms with E-state index >= 15 is 0 Å². The van der Waals surface area contributed by atoms with Crippen LogP contribution in [-0.4, -0.2) is 44.3 Å². The maximum atomic E-state index is 14.6. The molecule has 0 fully saturated rings. The van der Waals surface area contributed by atoms with E-state index in [0.717, 1.165) is 45.0 Å². The van der Waals surface area contributed by atoms with Crippen molar-refractivity contribution in [1.29, 1.82) is 0 Å². The van der Waals surface area contributed by atoms with Crippen molar-refractivity contribution in [2.75, 3.05) is 17.4 Å². The summed E-state index contributed by atoms with van der Waals surface area (Å²) in [6.07, 6.45) is 2.01. The summed E-state index contributed by atoms with van der Waals surface area (Å²) in [7, 11) is -4.13. The molecule has 4 rings (SSSR count). The number of carbonyl (C=O) groups excluding carboxylic acids is 2. The standard InChI is InChI=1S/C37H43N3O4S/c1-5-6-23-38-37(42)35(25-31-16-9-7-10-17-31)39(26-32-18-14-13-15-29(32)3)36(41)27-40(33-22-21-28(2)30(4)24-33)45(43,44)34-19-11-8-12-20-34/h7-22,24,35H,5-6,23,25-27H2,1-4H3,(H,38,42)/t35-/m0/s1. The van der Waals surface area contributed by atoms with E-state index in [4.69, 9.17) is 0 Å². The Hall–Kier alpha value is -4.43. The molecule has 0 radical (unpaired) electrons. The summed E-state index contributed by atoms with van der Waals surface area (Å²) in [5.41, 5.74) is 5.06. The first-order valence-corrected chi connectivity index (χ1v) is 16.9. The molecule has 236 valence electrons. The molecule has 8 heteroatoms. The Labute approximate surface area is 268 Å².